The van der Waals surface area contributed by atoms with Gasteiger partial charge in [0.05, 0.1) is 7.11 Å². The van der Waals surface area contributed by atoms with Crippen molar-refractivity contribution < 1.29 is 4.74 Å². The van der Waals surface area contributed by atoms with E-state index in [-0.39, 0.29) is 0 Å². The number of hydrogen-bond donors (Lipinski definition) is 0. The second kappa shape index (κ2) is 6.66. The molecule has 0 amide bonds. The van der Waals surface area contributed by atoms with Gasteiger partial charge in [-0.3, -0.25) is 0 Å². The van der Waals surface area contributed by atoms with Gasteiger partial charge in [0, 0.05) is 5.33 Å². The van der Waals surface area contributed by atoms with E-state index in [4.69, 9.17) is 4.74 Å². The molecule has 0 spiro atoms. The van der Waals surface area contributed by atoms with Crippen LogP contribution in [0, 0.1) is 0 Å². The summed E-state index contributed by atoms with van der Waals surface area (Å²) in [5.41, 5.74) is 1.22. The summed E-state index contributed by atoms with van der Waals surface area (Å²) in [7, 11) is 1.68. The molecule has 0 aromatic heterocycles. The van der Waals surface area contributed by atoms with E-state index in [0.717, 1.165) is 17.5 Å². The highest BCUT2D eigenvalue weighted by Gasteiger charge is 1.89. The lowest BCUT2D eigenvalue weighted by Crippen LogP contribution is -1.81. The number of ether oxygens (including phenoxy) is 1. The van der Waals surface area contributed by atoms with E-state index in [1.807, 2.05) is 12.1 Å². The molecule has 0 aliphatic rings. The highest BCUT2D eigenvalue weighted by Crippen LogP contribution is 2.12. The van der Waals surface area contributed by atoms with E-state index < -0.39 is 0 Å². The van der Waals surface area contributed by atoms with Crippen molar-refractivity contribution in [2.75, 3.05) is 12.4 Å². The Hall–Kier alpha value is -0.760. The summed E-state index contributed by atoms with van der Waals surface area (Å²) in [5.74, 6) is 0.905. The van der Waals surface area contributed by atoms with Crippen LogP contribution in [-0.4, -0.2) is 12.4 Å². The van der Waals surface area contributed by atoms with Gasteiger partial charge >= 0.3 is 0 Å². The molecule has 0 aliphatic carbocycles. The maximum Gasteiger partial charge on any atom is 0.118 e. The molecule has 1 aromatic carbocycles. The molecular formula is C12H15BrO. The van der Waals surface area contributed by atoms with Gasteiger partial charge in [0.2, 0.25) is 0 Å². The zero-order valence-electron chi connectivity index (χ0n) is 8.37. The van der Waals surface area contributed by atoms with Crippen molar-refractivity contribution in [1.29, 1.82) is 0 Å². The van der Waals surface area contributed by atoms with Gasteiger partial charge in [-0.1, -0.05) is 40.2 Å². The highest BCUT2D eigenvalue weighted by atomic mass is 79.9. The minimum Gasteiger partial charge on any atom is -0.497 e. The smallest absolute Gasteiger partial charge is 0.118 e. The normalized spacial score (nSPS) is 10.7. The Bertz CT molecular complexity index is 277. The first-order chi connectivity index (χ1) is 6.86. The van der Waals surface area contributed by atoms with E-state index in [9.17, 15) is 0 Å². The lowest BCUT2D eigenvalue weighted by atomic mass is 10.2. The second-order valence-corrected chi connectivity index (χ2v) is 3.80. The van der Waals surface area contributed by atoms with E-state index in [1.54, 1.807) is 7.11 Å². The van der Waals surface area contributed by atoms with E-state index in [2.05, 4.69) is 40.2 Å². The van der Waals surface area contributed by atoms with Crippen LogP contribution in [0.2, 0.25) is 0 Å². The number of allylic oxidation sites excluding steroid dienone is 1. The predicted octanol–water partition coefficient (Wildman–Crippen LogP) is 3.88. The van der Waals surface area contributed by atoms with Crippen LogP contribution in [-0.2, 0) is 0 Å². The van der Waals surface area contributed by atoms with Crippen molar-refractivity contribution in [1.82, 2.24) is 0 Å². The van der Waals surface area contributed by atoms with Crippen LogP contribution >= 0.6 is 15.9 Å². The van der Waals surface area contributed by atoms with E-state index >= 15 is 0 Å². The number of rotatable bonds is 5. The largest absolute Gasteiger partial charge is 0.497 e. The Morgan fingerprint density at radius 1 is 1.29 bits per heavy atom. The molecule has 2 heteroatoms. The maximum atomic E-state index is 5.08. The van der Waals surface area contributed by atoms with Crippen LogP contribution in [0.3, 0.4) is 0 Å². The SMILES string of the molecule is COc1ccc(C=CCCCBr)cc1. The monoisotopic (exact) mass is 254 g/mol. The summed E-state index contributed by atoms with van der Waals surface area (Å²) in [6.45, 7) is 0. The molecule has 0 radical (unpaired) electrons. The van der Waals surface area contributed by atoms with Gasteiger partial charge in [-0.25, -0.2) is 0 Å². The Balaban J connectivity index is 2.47. The molecule has 0 fully saturated rings. The van der Waals surface area contributed by atoms with Crippen LogP contribution < -0.4 is 4.74 Å². The number of alkyl halides is 1. The molecule has 14 heavy (non-hydrogen) atoms. The summed E-state index contributed by atoms with van der Waals surface area (Å²) in [4.78, 5) is 0. The Kier molecular flexibility index (Phi) is 5.38. The van der Waals surface area contributed by atoms with E-state index in [0.29, 0.717) is 0 Å². The van der Waals surface area contributed by atoms with Gasteiger partial charge in [-0.05, 0) is 30.5 Å². The summed E-state index contributed by atoms with van der Waals surface area (Å²) in [5, 5.41) is 1.07. The first kappa shape index (κ1) is 11.3. The number of benzene rings is 1. The van der Waals surface area contributed by atoms with Crippen LogP contribution in [0.5, 0.6) is 5.75 Å². The van der Waals surface area contributed by atoms with Crippen molar-refractivity contribution in [2.45, 2.75) is 12.8 Å². The fraction of sp³-hybridized carbons (Fsp3) is 0.333. The summed E-state index contributed by atoms with van der Waals surface area (Å²) in [6.07, 6.45) is 6.65. The lowest BCUT2D eigenvalue weighted by Gasteiger charge is -1.98. The third-order valence-corrected chi connectivity index (χ3v) is 2.49. The van der Waals surface area contributed by atoms with Crippen LogP contribution in [0.1, 0.15) is 18.4 Å². The number of halogens is 1. The molecule has 0 heterocycles. The van der Waals surface area contributed by atoms with Crippen molar-refractivity contribution in [3.8, 4) is 5.75 Å². The Morgan fingerprint density at radius 2 is 2.00 bits per heavy atom. The third-order valence-electron chi connectivity index (χ3n) is 1.93. The number of hydrogen-bond acceptors (Lipinski definition) is 1. The lowest BCUT2D eigenvalue weighted by molar-refractivity contribution is 0.415. The Morgan fingerprint density at radius 3 is 2.57 bits per heavy atom. The van der Waals surface area contributed by atoms with Crippen LogP contribution in [0.25, 0.3) is 6.08 Å². The molecule has 0 N–H and O–H groups in total. The molecule has 0 saturated carbocycles. The fourth-order valence-electron chi connectivity index (χ4n) is 1.13. The van der Waals surface area contributed by atoms with Gasteiger partial charge < -0.3 is 4.74 Å². The van der Waals surface area contributed by atoms with E-state index in [1.165, 1.54) is 12.0 Å². The highest BCUT2D eigenvalue weighted by molar-refractivity contribution is 9.09. The van der Waals surface area contributed by atoms with Crippen LogP contribution in [0.4, 0.5) is 0 Å². The zero-order chi connectivity index (χ0) is 10.2. The minimum atomic E-state index is 0.905. The molecule has 0 bridgehead atoms. The van der Waals surface area contributed by atoms with Gasteiger partial charge in [-0.15, -0.1) is 0 Å². The molecule has 1 aromatic rings. The molecular weight excluding hydrogens is 240 g/mol. The maximum absolute atomic E-state index is 5.08. The second-order valence-electron chi connectivity index (χ2n) is 3.01. The zero-order valence-corrected chi connectivity index (χ0v) is 9.96. The van der Waals surface area contributed by atoms with Crippen molar-refractivity contribution in [3.05, 3.63) is 35.9 Å². The molecule has 76 valence electrons. The summed E-state index contributed by atoms with van der Waals surface area (Å²) < 4.78 is 5.08. The van der Waals surface area contributed by atoms with Gasteiger partial charge in [-0.2, -0.15) is 0 Å². The van der Waals surface area contributed by atoms with Gasteiger partial charge in [0.15, 0.2) is 0 Å². The van der Waals surface area contributed by atoms with Crippen LogP contribution in [0.15, 0.2) is 30.3 Å². The van der Waals surface area contributed by atoms with Gasteiger partial charge in [0.1, 0.15) is 5.75 Å². The molecule has 0 aliphatic heterocycles. The Labute approximate surface area is 93.9 Å². The summed E-state index contributed by atoms with van der Waals surface area (Å²) in [6, 6.07) is 8.07. The van der Waals surface area contributed by atoms with Gasteiger partial charge in [0.25, 0.3) is 0 Å². The predicted molar refractivity (Wildman–Crippen MR) is 65.1 cm³/mol. The van der Waals surface area contributed by atoms with Crippen molar-refractivity contribution >= 4 is 22.0 Å². The molecule has 0 saturated heterocycles. The third kappa shape index (κ3) is 3.97. The first-order valence-electron chi connectivity index (χ1n) is 4.73. The molecule has 1 nitrogen and oxygen atoms in total. The minimum absolute atomic E-state index is 0.905. The molecule has 0 unspecified atom stereocenters. The molecule has 1 rings (SSSR count). The molecule has 0 atom stereocenters. The number of methoxy groups -OCH3 is 1. The quantitative estimate of drug-likeness (QED) is 0.573. The fourth-order valence-corrected chi connectivity index (χ4v) is 1.45. The number of unbranched alkanes of at least 4 members (excludes halogenated alkanes) is 1. The topological polar surface area (TPSA) is 9.23 Å². The van der Waals surface area contributed by atoms with Crippen molar-refractivity contribution in [2.24, 2.45) is 0 Å². The summed E-state index contributed by atoms with van der Waals surface area (Å²) >= 11 is 3.40. The standard InChI is InChI=1S/C12H15BrO/c1-14-12-8-6-11(7-9-12)5-3-2-4-10-13/h3,5-9H,2,4,10H2,1H3. The average Bonchev–Trinajstić information content (AvgIpc) is 2.25. The average molecular weight is 255 g/mol. The van der Waals surface area contributed by atoms with Crippen molar-refractivity contribution in [3.63, 3.8) is 0 Å². The first-order valence-corrected chi connectivity index (χ1v) is 5.85.